The van der Waals surface area contributed by atoms with Gasteiger partial charge in [0, 0.05) is 18.9 Å². The third kappa shape index (κ3) is 3.91. The second-order valence-electron chi connectivity index (χ2n) is 4.27. The van der Waals surface area contributed by atoms with Crippen molar-refractivity contribution < 1.29 is 17.9 Å². The zero-order valence-corrected chi connectivity index (χ0v) is 11.3. The van der Waals surface area contributed by atoms with Gasteiger partial charge in [-0.2, -0.15) is 18.3 Å². The highest BCUT2D eigenvalue weighted by molar-refractivity contribution is 6.00. The van der Waals surface area contributed by atoms with Crippen molar-refractivity contribution in [1.82, 2.24) is 5.43 Å². The molecule has 0 fully saturated rings. The van der Waals surface area contributed by atoms with Crippen LogP contribution in [0, 0.1) is 0 Å². The Balaban J connectivity index is 2.37. The molecule has 0 aromatic heterocycles. The van der Waals surface area contributed by atoms with Crippen LogP contribution < -0.4 is 5.43 Å². The number of ether oxygens (including phenoxy) is 1. The van der Waals surface area contributed by atoms with Gasteiger partial charge < -0.3 is 4.74 Å². The van der Waals surface area contributed by atoms with Crippen LogP contribution in [0.5, 0.6) is 0 Å². The molecule has 0 saturated carbocycles. The molecule has 2 rings (SSSR count). The SMILES string of the molecule is COC/C=C/c1ccc(C2=NCC=NN2)cc1C(F)(F)F. The summed E-state index contributed by atoms with van der Waals surface area (Å²) in [5.41, 5.74) is 2.32. The summed E-state index contributed by atoms with van der Waals surface area (Å²) < 4.78 is 44.2. The summed E-state index contributed by atoms with van der Waals surface area (Å²) in [4.78, 5) is 4.08. The van der Waals surface area contributed by atoms with Crippen LogP contribution in [0.3, 0.4) is 0 Å². The average molecular weight is 297 g/mol. The Labute approximate surface area is 120 Å². The van der Waals surface area contributed by atoms with Crippen LogP contribution in [0.4, 0.5) is 13.2 Å². The van der Waals surface area contributed by atoms with Crippen molar-refractivity contribution in [1.29, 1.82) is 0 Å². The fourth-order valence-electron chi connectivity index (χ4n) is 1.84. The maximum atomic E-state index is 13.1. The summed E-state index contributed by atoms with van der Waals surface area (Å²) in [6.45, 7) is 0.598. The summed E-state index contributed by atoms with van der Waals surface area (Å²) in [5, 5.41) is 3.79. The van der Waals surface area contributed by atoms with E-state index in [1.54, 1.807) is 6.07 Å². The third-order valence-corrected chi connectivity index (χ3v) is 2.79. The first-order chi connectivity index (χ1) is 10.0. The Morgan fingerprint density at radius 3 is 2.81 bits per heavy atom. The van der Waals surface area contributed by atoms with Gasteiger partial charge in [0.05, 0.1) is 18.7 Å². The predicted molar refractivity (Wildman–Crippen MR) is 75.4 cm³/mol. The number of halogens is 3. The third-order valence-electron chi connectivity index (χ3n) is 2.79. The van der Waals surface area contributed by atoms with Gasteiger partial charge in [-0.1, -0.05) is 24.3 Å². The summed E-state index contributed by atoms with van der Waals surface area (Å²) in [7, 11) is 1.48. The fraction of sp³-hybridized carbons (Fsp3) is 0.286. The molecule has 1 aromatic rings. The van der Waals surface area contributed by atoms with Crippen LogP contribution in [0.2, 0.25) is 0 Å². The van der Waals surface area contributed by atoms with Crippen LogP contribution in [0.25, 0.3) is 6.08 Å². The minimum Gasteiger partial charge on any atom is -0.381 e. The van der Waals surface area contributed by atoms with E-state index < -0.39 is 11.7 Å². The van der Waals surface area contributed by atoms with E-state index in [0.29, 0.717) is 17.9 Å². The number of hydrazone groups is 1. The number of nitrogens with zero attached hydrogens (tertiary/aromatic N) is 2. The fourth-order valence-corrected chi connectivity index (χ4v) is 1.84. The zero-order valence-electron chi connectivity index (χ0n) is 11.3. The number of hydrogen-bond donors (Lipinski definition) is 1. The Kier molecular flexibility index (Phi) is 4.74. The monoisotopic (exact) mass is 297 g/mol. The standard InChI is InChI=1S/C14H14F3N3O/c1-21-8-2-3-10-4-5-11(9-12(10)14(15,16)17)13-18-6-7-19-20-13/h2-5,7,9H,6,8H2,1H3,(H,18,20)/b3-2+. The number of methoxy groups -OCH3 is 1. The van der Waals surface area contributed by atoms with E-state index in [4.69, 9.17) is 4.74 Å². The molecule has 1 aromatic carbocycles. The van der Waals surface area contributed by atoms with Crippen molar-refractivity contribution in [2.75, 3.05) is 20.3 Å². The van der Waals surface area contributed by atoms with E-state index in [9.17, 15) is 13.2 Å². The molecule has 1 aliphatic heterocycles. The average Bonchev–Trinajstić information content (AvgIpc) is 2.47. The molecule has 21 heavy (non-hydrogen) atoms. The Morgan fingerprint density at radius 1 is 1.38 bits per heavy atom. The number of hydrogen-bond acceptors (Lipinski definition) is 4. The molecule has 0 saturated heterocycles. The smallest absolute Gasteiger partial charge is 0.381 e. The lowest BCUT2D eigenvalue weighted by atomic mass is 10.0. The number of rotatable bonds is 4. The highest BCUT2D eigenvalue weighted by atomic mass is 19.4. The molecule has 0 atom stereocenters. The van der Waals surface area contributed by atoms with Crippen molar-refractivity contribution in [2.24, 2.45) is 10.1 Å². The van der Waals surface area contributed by atoms with Crippen molar-refractivity contribution in [3.05, 3.63) is 41.0 Å². The first kappa shape index (κ1) is 15.2. The molecular formula is C14H14F3N3O. The van der Waals surface area contributed by atoms with Gasteiger partial charge in [-0.05, 0) is 11.6 Å². The minimum atomic E-state index is -4.44. The van der Waals surface area contributed by atoms with Gasteiger partial charge in [0.1, 0.15) is 5.84 Å². The van der Waals surface area contributed by atoms with Crippen LogP contribution in [-0.4, -0.2) is 32.3 Å². The minimum absolute atomic E-state index is 0.0863. The zero-order chi connectivity index (χ0) is 15.3. The van der Waals surface area contributed by atoms with Gasteiger partial charge in [-0.15, -0.1) is 0 Å². The number of benzene rings is 1. The highest BCUT2D eigenvalue weighted by Gasteiger charge is 2.33. The van der Waals surface area contributed by atoms with Crippen molar-refractivity contribution in [3.63, 3.8) is 0 Å². The first-order valence-electron chi connectivity index (χ1n) is 6.21. The van der Waals surface area contributed by atoms with Crippen LogP contribution in [-0.2, 0) is 10.9 Å². The molecule has 1 heterocycles. The summed E-state index contributed by atoms with van der Waals surface area (Å²) >= 11 is 0. The quantitative estimate of drug-likeness (QED) is 0.928. The number of nitrogens with one attached hydrogen (secondary N) is 1. The van der Waals surface area contributed by atoms with E-state index in [-0.39, 0.29) is 12.2 Å². The Hall–Kier alpha value is -2.15. The molecule has 0 radical (unpaired) electrons. The highest BCUT2D eigenvalue weighted by Crippen LogP contribution is 2.33. The summed E-state index contributed by atoms with van der Waals surface area (Å²) in [6, 6.07) is 4.06. The molecule has 0 aliphatic carbocycles. The largest absolute Gasteiger partial charge is 0.417 e. The molecule has 1 aliphatic rings. The van der Waals surface area contributed by atoms with Crippen LogP contribution >= 0.6 is 0 Å². The summed E-state index contributed by atoms with van der Waals surface area (Å²) in [6.07, 6.45) is 0.0204. The molecule has 7 heteroatoms. The normalized spacial score (nSPS) is 15.1. The molecule has 0 bridgehead atoms. The van der Waals surface area contributed by atoms with Crippen LogP contribution in [0.1, 0.15) is 16.7 Å². The summed E-state index contributed by atoms with van der Waals surface area (Å²) in [5.74, 6) is 0.329. The van der Waals surface area contributed by atoms with Crippen LogP contribution in [0.15, 0.2) is 34.4 Å². The first-order valence-corrected chi connectivity index (χ1v) is 6.21. The van der Waals surface area contributed by atoms with E-state index in [1.807, 2.05) is 0 Å². The maximum Gasteiger partial charge on any atom is 0.417 e. The number of aliphatic imine (C=N–C) groups is 1. The van der Waals surface area contributed by atoms with Gasteiger partial charge in [0.2, 0.25) is 0 Å². The van der Waals surface area contributed by atoms with Gasteiger partial charge >= 0.3 is 6.18 Å². The molecule has 0 amide bonds. The predicted octanol–water partition coefficient (Wildman–Crippen LogP) is 2.70. The van der Waals surface area contributed by atoms with E-state index in [1.165, 1.54) is 31.5 Å². The Morgan fingerprint density at radius 2 is 2.19 bits per heavy atom. The van der Waals surface area contributed by atoms with Gasteiger partial charge in [0.15, 0.2) is 0 Å². The maximum absolute atomic E-state index is 13.1. The van der Waals surface area contributed by atoms with Gasteiger partial charge in [-0.25, -0.2) is 0 Å². The molecule has 0 unspecified atom stereocenters. The van der Waals surface area contributed by atoms with E-state index in [0.717, 1.165) is 6.07 Å². The second kappa shape index (κ2) is 6.53. The van der Waals surface area contributed by atoms with Crippen molar-refractivity contribution in [2.45, 2.75) is 6.18 Å². The molecule has 4 nitrogen and oxygen atoms in total. The van der Waals surface area contributed by atoms with Crippen molar-refractivity contribution in [3.8, 4) is 0 Å². The van der Waals surface area contributed by atoms with E-state index in [2.05, 4.69) is 15.5 Å². The molecular weight excluding hydrogens is 283 g/mol. The molecule has 112 valence electrons. The van der Waals surface area contributed by atoms with Gasteiger partial charge in [0.25, 0.3) is 0 Å². The van der Waals surface area contributed by atoms with Crippen molar-refractivity contribution >= 4 is 18.1 Å². The number of amidine groups is 1. The number of alkyl halides is 3. The topological polar surface area (TPSA) is 46.0 Å². The lowest BCUT2D eigenvalue weighted by molar-refractivity contribution is -0.137. The lowest BCUT2D eigenvalue weighted by Gasteiger charge is -2.14. The molecule has 0 spiro atoms. The molecule has 1 N–H and O–H groups in total. The second-order valence-corrected chi connectivity index (χ2v) is 4.27. The lowest BCUT2D eigenvalue weighted by Crippen LogP contribution is -2.24. The van der Waals surface area contributed by atoms with E-state index >= 15 is 0 Å². The Bertz CT molecular complexity index is 592. The van der Waals surface area contributed by atoms with Gasteiger partial charge in [-0.3, -0.25) is 10.4 Å².